The summed E-state index contributed by atoms with van der Waals surface area (Å²) in [5, 5.41) is 20.3. The van der Waals surface area contributed by atoms with Crippen molar-refractivity contribution in [1.82, 2.24) is 9.88 Å². The molecule has 2 N–H and O–H groups in total. The van der Waals surface area contributed by atoms with Crippen molar-refractivity contribution in [3.05, 3.63) is 59.4 Å². The van der Waals surface area contributed by atoms with Crippen LogP contribution in [0.15, 0.2) is 42.6 Å². The average molecular weight is 406 g/mol. The second kappa shape index (κ2) is 7.61. The number of fused-ring (bicyclic) bond motifs is 1. The summed E-state index contributed by atoms with van der Waals surface area (Å²) in [6.07, 6.45) is -0.293. The van der Waals surface area contributed by atoms with Crippen LogP contribution in [-0.2, 0) is 19.0 Å². The van der Waals surface area contributed by atoms with E-state index in [0.717, 1.165) is 49.4 Å². The molecule has 2 aromatic rings. The Morgan fingerprint density at radius 3 is 2.24 bits per heavy atom. The lowest BCUT2D eigenvalue weighted by Crippen LogP contribution is -2.32. The van der Waals surface area contributed by atoms with E-state index < -0.39 is 17.3 Å². The number of hydrogen-bond acceptors (Lipinski definition) is 4. The third-order valence-electron chi connectivity index (χ3n) is 6.24. The average Bonchev–Trinajstić information content (AvgIpc) is 3.15. The Balaban J connectivity index is 1.29. The summed E-state index contributed by atoms with van der Waals surface area (Å²) < 4.78 is 38.1. The fourth-order valence-corrected chi connectivity index (χ4v) is 4.91. The highest BCUT2D eigenvalue weighted by molar-refractivity contribution is 5.26. The van der Waals surface area contributed by atoms with Crippen molar-refractivity contribution in [1.29, 1.82) is 0 Å². The van der Waals surface area contributed by atoms with Crippen LogP contribution >= 0.6 is 0 Å². The number of benzene rings is 1. The van der Waals surface area contributed by atoms with Gasteiger partial charge in [-0.3, -0.25) is 4.98 Å². The van der Waals surface area contributed by atoms with Gasteiger partial charge in [0.2, 0.25) is 0 Å². The lowest BCUT2D eigenvalue weighted by atomic mass is 9.91. The molecule has 4 nitrogen and oxygen atoms in total. The van der Waals surface area contributed by atoms with Gasteiger partial charge in [0.1, 0.15) is 5.75 Å². The monoisotopic (exact) mass is 406 g/mol. The first kappa shape index (κ1) is 20.2. The lowest BCUT2D eigenvalue weighted by molar-refractivity contribution is -0.137. The normalized spacial score (nSPS) is 27.3. The molecule has 2 heterocycles. The summed E-state index contributed by atoms with van der Waals surface area (Å²) in [6, 6.07) is 8.61. The molecule has 2 fully saturated rings. The van der Waals surface area contributed by atoms with Crippen LogP contribution in [0.5, 0.6) is 5.75 Å². The number of likely N-dealkylation sites (tertiary alicyclic amines) is 1. The molecular formula is C22H25F3N2O2. The van der Waals surface area contributed by atoms with Crippen molar-refractivity contribution in [2.45, 2.75) is 37.5 Å². The van der Waals surface area contributed by atoms with Crippen molar-refractivity contribution >= 4 is 0 Å². The number of pyridine rings is 1. The molecule has 0 amide bonds. The molecule has 2 aliphatic rings. The predicted octanol–water partition coefficient (Wildman–Crippen LogP) is 3.66. The van der Waals surface area contributed by atoms with Gasteiger partial charge >= 0.3 is 6.18 Å². The third kappa shape index (κ3) is 4.73. The first-order valence-electron chi connectivity index (χ1n) is 9.95. The molecule has 1 aliphatic heterocycles. The van der Waals surface area contributed by atoms with Crippen LogP contribution in [0.1, 0.15) is 29.7 Å². The minimum absolute atomic E-state index is 0.164. The highest BCUT2D eigenvalue weighted by atomic mass is 19.4. The van der Waals surface area contributed by atoms with E-state index in [9.17, 15) is 23.4 Å². The number of aromatic nitrogens is 1. The van der Waals surface area contributed by atoms with Gasteiger partial charge in [0.25, 0.3) is 0 Å². The number of rotatable bonds is 5. The molecule has 3 atom stereocenters. The van der Waals surface area contributed by atoms with E-state index in [1.165, 1.54) is 18.3 Å². The van der Waals surface area contributed by atoms with Crippen LogP contribution in [0, 0.1) is 11.8 Å². The Hall–Kier alpha value is -2.12. The summed E-state index contributed by atoms with van der Waals surface area (Å²) in [4.78, 5) is 6.61. The summed E-state index contributed by atoms with van der Waals surface area (Å²) in [5.74, 6) is 1.00. The zero-order valence-corrected chi connectivity index (χ0v) is 16.1. The molecule has 7 heteroatoms. The molecule has 156 valence electrons. The van der Waals surface area contributed by atoms with Crippen LogP contribution in [0.25, 0.3) is 0 Å². The van der Waals surface area contributed by atoms with Crippen LogP contribution in [0.4, 0.5) is 13.2 Å². The van der Waals surface area contributed by atoms with Gasteiger partial charge in [0, 0.05) is 38.2 Å². The molecule has 0 spiro atoms. The minimum Gasteiger partial charge on any atom is -0.506 e. The minimum atomic E-state index is -4.33. The lowest BCUT2D eigenvalue weighted by Gasteiger charge is -2.26. The number of halogens is 3. The first-order valence-corrected chi connectivity index (χ1v) is 9.95. The standard InChI is InChI=1S/C22H25F3N2O2/c23-22(24,25)18-3-1-15(2-4-18)9-21(29)10-16-13-27(14-17(16)11-21)8-7-19-5-6-20(28)12-26-19/h1-6,12,16-17,28-29H,7-11,13-14H2/t16-,17+,21-. The van der Waals surface area contributed by atoms with Gasteiger partial charge in [-0.15, -0.1) is 0 Å². The van der Waals surface area contributed by atoms with E-state index in [4.69, 9.17) is 0 Å². The molecule has 1 aromatic heterocycles. The number of aromatic hydroxyl groups is 1. The Labute approximate surface area is 168 Å². The van der Waals surface area contributed by atoms with Crippen LogP contribution in [0.3, 0.4) is 0 Å². The van der Waals surface area contributed by atoms with Gasteiger partial charge in [-0.25, -0.2) is 0 Å². The van der Waals surface area contributed by atoms with E-state index in [0.29, 0.717) is 31.1 Å². The molecule has 0 radical (unpaired) electrons. The molecule has 4 rings (SSSR count). The zero-order chi connectivity index (χ0) is 20.6. The number of aliphatic hydroxyl groups is 1. The van der Waals surface area contributed by atoms with Crippen molar-refractivity contribution < 1.29 is 23.4 Å². The maximum Gasteiger partial charge on any atom is 0.416 e. The Bertz CT molecular complexity index is 823. The van der Waals surface area contributed by atoms with Crippen molar-refractivity contribution in [3.8, 4) is 5.75 Å². The van der Waals surface area contributed by atoms with Gasteiger partial charge in [0.05, 0.1) is 17.4 Å². The largest absolute Gasteiger partial charge is 0.506 e. The Kier molecular flexibility index (Phi) is 5.29. The summed E-state index contributed by atoms with van der Waals surface area (Å²) in [6.45, 7) is 2.75. The fraction of sp³-hybridized carbons (Fsp3) is 0.500. The quantitative estimate of drug-likeness (QED) is 0.796. The second-order valence-corrected chi connectivity index (χ2v) is 8.54. The summed E-state index contributed by atoms with van der Waals surface area (Å²) in [7, 11) is 0. The van der Waals surface area contributed by atoms with E-state index in [2.05, 4.69) is 9.88 Å². The van der Waals surface area contributed by atoms with Gasteiger partial charge in [0.15, 0.2) is 0 Å². The third-order valence-corrected chi connectivity index (χ3v) is 6.24. The van der Waals surface area contributed by atoms with Gasteiger partial charge in [-0.05, 0) is 54.5 Å². The molecule has 1 aliphatic carbocycles. The predicted molar refractivity (Wildman–Crippen MR) is 102 cm³/mol. The zero-order valence-electron chi connectivity index (χ0n) is 16.1. The topological polar surface area (TPSA) is 56.6 Å². The first-order chi connectivity index (χ1) is 13.7. The highest BCUT2D eigenvalue weighted by Gasteiger charge is 2.47. The van der Waals surface area contributed by atoms with E-state index in [-0.39, 0.29) is 5.75 Å². The second-order valence-electron chi connectivity index (χ2n) is 8.54. The van der Waals surface area contributed by atoms with Crippen molar-refractivity contribution in [2.24, 2.45) is 11.8 Å². The van der Waals surface area contributed by atoms with Gasteiger partial charge in [-0.2, -0.15) is 13.2 Å². The Morgan fingerprint density at radius 2 is 1.69 bits per heavy atom. The molecule has 0 bridgehead atoms. The van der Waals surface area contributed by atoms with E-state index in [1.807, 2.05) is 6.07 Å². The number of alkyl halides is 3. The Morgan fingerprint density at radius 1 is 1.03 bits per heavy atom. The number of hydrogen-bond donors (Lipinski definition) is 2. The van der Waals surface area contributed by atoms with Gasteiger partial charge in [-0.1, -0.05) is 12.1 Å². The number of nitrogens with zero attached hydrogens (tertiary/aromatic N) is 2. The fourth-order valence-electron chi connectivity index (χ4n) is 4.91. The molecule has 29 heavy (non-hydrogen) atoms. The summed E-state index contributed by atoms with van der Waals surface area (Å²) in [5.41, 5.74) is 0.198. The van der Waals surface area contributed by atoms with Crippen LogP contribution in [0.2, 0.25) is 0 Å². The van der Waals surface area contributed by atoms with E-state index >= 15 is 0 Å². The van der Waals surface area contributed by atoms with Crippen molar-refractivity contribution in [3.63, 3.8) is 0 Å². The van der Waals surface area contributed by atoms with Crippen LogP contribution in [-0.4, -0.2) is 45.3 Å². The summed E-state index contributed by atoms with van der Waals surface area (Å²) >= 11 is 0. The smallest absolute Gasteiger partial charge is 0.416 e. The van der Waals surface area contributed by atoms with Gasteiger partial charge < -0.3 is 15.1 Å². The molecule has 1 aromatic carbocycles. The maximum atomic E-state index is 12.7. The van der Waals surface area contributed by atoms with Crippen LogP contribution < -0.4 is 0 Å². The molecule has 1 saturated heterocycles. The van der Waals surface area contributed by atoms with E-state index in [1.54, 1.807) is 6.07 Å². The maximum absolute atomic E-state index is 12.7. The molecule has 0 unspecified atom stereocenters. The molecule has 1 saturated carbocycles. The SMILES string of the molecule is Oc1ccc(CCN2C[C@@H]3C[C@@](O)(Cc4ccc(C(F)(F)F)cc4)C[C@@H]3C2)nc1. The highest BCUT2D eigenvalue weighted by Crippen LogP contribution is 2.45. The molecular weight excluding hydrogens is 381 g/mol. The van der Waals surface area contributed by atoms with Crippen molar-refractivity contribution in [2.75, 3.05) is 19.6 Å².